The summed E-state index contributed by atoms with van der Waals surface area (Å²) in [5, 5.41) is 10.9. The van der Waals surface area contributed by atoms with Gasteiger partial charge in [0.05, 0.1) is 5.69 Å². The number of H-pyrrole nitrogens is 1. The molecule has 0 spiro atoms. The lowest BCUT2D eigenvalue weighted by molar-refractivity contribution is 0.0690. The fourth-order valence-electron chi connectivity index (χ4n) is 3.20. The van der Waals surface area contributed by atoms with Crippen LogP contribution in [0.25, 0.3) is 22.2 Å². The summed E-state index contributed by atoms with van der Waals surface area (Å²) in [6.45, 7) is 1.96. The molecule has 0 aliphatic rings. The number of nitrogens with one attached hydrogen (secondary N) is 1. The lowest BCUT2D eigenvalue weighted by Crippen LogP contribution is -2.03. The van der Waals surface area contributed by atoms with E-state index in [2.05, 4.69) is 15.0 Å². The summed E-state index contributed by atoms with van der Waals surface area (Å²) in [6, 6.07) is 12.9. The normalized spacial score (nSPS) is 11.0. The van der Waals surface area contributed by atoms with Crippen molar-refractivity contribution in [2.45, 2.75) is 13.3 Å². The molecule has 0 saturated carbocycles. The molecule has 0 aliphatic heterocycles. The van der Waals surface area contributed by atoms with E-state index in [-0.39, 0.29) is 5.69 Å². The van der Waals surface area contributed by atoms with E-state index in [1.165, 1.54) is 6.07 Å². The van der Waals surface area contributed by atoms with E-state index in [9.17, 15) is 9.90 Å². The molecule has 3 heterocycles. The lowest BCUT2D eigenvalue weighted by atomic mass is 10.0. The molecule has 0 saturated heterocycles. The Balaban J connectivity index is 1.90. The first kappa shape index (κ1) is 17.2. The van der Waals surface area contributed by atoms with Crippen molar-refractivity contribution < 1.29 is 9.90 Å². The van der Waals surface area contributed by atoms with Gasteiger partial charge in [0.2, 0.25) is 0 Å². The first-order valence-corrected chi connectivity index (χ1v) is 8.81. The van der Waals surface area contributed by atoms with E-state index in [1.54, 1.807) is 18.5 Å². The van der Waals surface area contributed by atoms with Crippen molar-refractivity contribution in [3.63, 3.8) is 0 Å². The molecule has 1 aromatic carbocycles. The number of hydrogen-bond acceptors (Lipinski definition) is 3. The number of nitrogens with zero attached hydrogens (tertiary/aromatic N) is 2. The quantitative estimate of drug-likeness (QED) is 0.531. The van der Waals surface area contributed by atoms with Crippen molar-refractivity contribution >= 4 is 28.5 Å². The largest absolute Gasteiger partial charge is 0.477 e. The maximum atomic E-state index is 11.2. The Morgan fingerprint density at radius 1 is 1.22 bits per heavy atom. The van der Waals surface area contributed by atoms with Gasteiger partial charge in [-0.1, -0.05) is 17.7 Å². The van der Waals surface area contributed by atoms with Crippen molar-refractivity contribution in [3.05, 3.63) is 82.4 Å². The number of carboxylic acids is 1. The van der Waals surface area contributed by atoms with Crippen LogP contribution < -0.4 is 0 Å². The number of aromatic amines is 1. The van der Waals surface area contributed by atoms with Crippen LogP contribution in [0.3, 0.4) is 0 Å². The Kier molecular flexibility index (Phi) is 4.38. The van der Waals surface area contributed by atoms with Crippen LogP contribution in [-0.2, 0) is 6.42 Å². The standard InChI is InChI=1S/C21H16ClN3O2/c1-12-8-15-16(9-14-5-2-6-18(24-14)21(26)27)20(13-4-3-7-23-11-13)25-19(15)10-17(12)22/h2-8,10-11,25H,9H2,1H3,(H,26,27). The average Bonchev–Trinajstić information content (AvgIpc) is 3.00. The van der Waals surface area contributed by atoms with Crippen molar-refractivity contribution in [2.75, 3.05) is 0 Å². The minimum absolute atomic E-state index is 0.0366. The Labute approximate surface area is 160 Å². The van der Waals surface area contributed by atoms with Crippen LogP contribution in [0.5, 0.6) is 0 Å². The van der Waals surface area contributed by atoms with E-state index < -0.39 is 5.97 Å². The molecule has 0 radical (unpaired) electrons. The van der Waals surface area contributed by atoms with Gasteiger partial charge in [0.15, 0.2) is 0 Å². The zero-order valence-corrected chi connectivity index (χ0v) is 15.3. The highest BCUT2D eigenvalue weighted by atomic mass is 35.5. The molecule has 2 N–H and O–H groups in total. The van der Waals surface area contributed by atoms with Gasteiger partial charge in [0.1, 0.15) is 5.69 Å². The van der Waals surface area contributed by atoms with E-state index in [0.29, 0.717) is 17.1 Å². The van der Waals surface area contributed by atoms with Crippen LogP contribution in [0.1, 0.15) is 27.3 Å². The third kappa shape index (κ3) is 3.29. The van der Waals surface area contributed by atoms with Crippen LogP contribution in [0, 0.1) is 6.92 Å². The van der Waals surface area contributed by atoms with E-state index in [0.717, 1.165) is 33.3 Å². The van der Waals surface area contributed by atoms with Crippen molar-refractivity contribution in [1.82, 2.24) is 15.0 Å². The summed E-state index contributed by atoms with van der Waals surface area (Å²) in [4.78, 5) is 23.2. The Morgan fingerprint density at radius 3 is 2.81 bits per heavy atom. The molecule has 4 rings (SSSR count). The van der Waals surface area contributed by atoms with Gasteiger partial charge in [-0.3, -0.25) is 4.98 Å². The number of benzene rings is 1. The zero-order valence-electron chi connectivity index (χ0n) is 14.5. The monoisotopic (exact) mass is 377 g/mol. The summed E-state index contributed by atoms with van der Waals surface area (Å²) in [5.41, 5.74) is 5.55. The number of aromatic nitrogens is 3. The molecular weight excluding hydrogens is 362 g/mol. The number of carboxylic acid groups (broad SMARTS) is 1. The fourth-order valence-corrected chi connectivity index (χ4v) is 3.36. The van der Waals surface area contributed by atoms with Gasteiger partial charge in [-0.25, -0.2) is 9.78 Å². The Hall–Kier alpha value is -3.18. The molecule has 0 fully saturated rings. The maximum Gasteiger partial charge on any atom is 0.354 e. The number of pyridine rings is 2. The number of aromatic carboxylic acids is 1. The topological polar surface area (TPSA) is 78.9 Å². The minimum Gasteiger partial charge on any atom is -0.477 e. The molecular formula is C21H16ClN3O2. The van der Waals surface area contributed by atoms with Crippen LogP contribution in [0.15, 0.2) is 54.9 Å². The van der Waals surface area contributed by atoms with Gasteiger partial charge in [-0.15, -0.1) is 0 Å². The number of rotatable bonds is 4. The Morgan fingerprint density at radius 2 is 2.07 bits per heavy atom. The second-order valence-electron chi connectivity index (χ2n) is 6.36. The smallest absolute Gasteiger partial charge is 0.354 e. The number of fused-ring (bicyclic) bond motifs is 1. The van der Waals surface area contributed by atoms with Crippen LogP contribution >= 0.6 is 11.6 Å². The van der Waals surface area contributed by atoms with Gasteiger partial charge in [0, 0.05) is 46.0 Å². The van der Waals surface area contributed by atoms with E-state index >= 15 is 0 Å². The number of halogens is 1. The second-order valence-corrected chi connectivity index (χ2v) is 6.77. The zero-order chi connectivity index (χ0) is 19.0. The minimum atomic E-state index is -1.04. The van der Waals surface area contributed by atoms with Gasteiger partial charge < -0.3 is 10.1 Å². The third-order valence-corrected chi connectivity index (χ3v) is 4.93. The predicted octanol–water partition coefficient (Wildman–Crippen LogP) is 4.88. The molecule has 134 valence electrons. The number of hydrogen-bond donors (Lipinski definition) is 2. The van der Waals surface area contributed by atoms with Gasteiger partial charge >= 0.3 is 5.97 Å². The summed E-state index contributed by atoms with van der Waals surface area (Å²) in [5.74, 6) is -1.04. The first-order chi connectivity index (χ1) is 13.0. The SMILES string of the molecule is Cc1cc2c(Cc3cccc(C(=O)O)n3)c(-c3cccnc3)[nH]c2cc1Cl. The van der Waals surface area contributed by atoms with Crippen molar-refractivity contribution in [2.24, 2.45) is 0 Å². The summed E-state index contributed by atoms with van der Waals surface area (Å²) in [7, 11) is 0. The van der Waals surface area contributed by atoms with Crippen molar-refractivity contribution in [3.8, 4) is 11.3 Å². The molecule has 0 bridgehead atoms. The van der Waals surface area contributed by atoms with Crippen molar-refractivity contribution in [1.29, 1.82) is 0 Å². The number of aryl methyl sites for hydroxylation is 1. The molecule has 27 heavy (non-hydrogen) atoms. The molecule has 0 atom stereocenters. The molecule has 3 aromatic heterocycles. The predicted molar refractivity (Wildman–Crippen MR) is 105 cm³/mol. The molecule has 0 amide bonds. The number of carbonyl (C=O) groups is 1. The van der Waals surface area contributed by atoms with Gasteiger partial charge in [-0.2, -0.15) is 0 Å². The van der Waals surface area contributed by atoms with E-state index in [1.807, 2.05) is 37.3 Å². The molecule has 0 unspecified atom stereocenters. The summed E-state index contributed by atoms with van der Waals surface area (Å²) >= 11 is 6.30. The summed E-state index contributed by atoms with van der Waals surface area (Å²) < 4.78 is 0. The molecule has 0 aliphatic carbocycles. The highest BCUT2D eigenvalue weighted by Crippen LogP contribution is 2.34. The fraction of sp³-hybridized carbons (Fsp3) is 0.0952. The van der Waals surface area contributed by atoms with E-state index in [4.69, 9.17) is 11.6 Å². The third-order valence-electron chi connectivity index (χ3n) is 4.52. The molecule has 5 nitrogen and oxygen atoms in total. The average molecular weight is 378 g/mol. The van der Waals surface area contributed by atoms with Crippen LogP contribution in [-0.4, -0.2) is 26.0 Å². The first-order valence-electron chi connectivity index (χ1n) is 8.43. The Bertz CT molecular complexity index is 1150. The second kappa shape index (κ2) is 6.85. The molecule has 4 aromatic rings. The molecule has 6 heteroatoms. The maximum absolute atomic E-state index is 11.2. The van der Waals surface area contributed by atoms with Crippen LogP contribution in [0.4, 0.5) is 0 Å². The van der Waals surface area contributed by atoms with Crippen LogP contribution in [0.2, 0.25) is 5.02 Å². The highest BCUT2D eigenvalue weighted by Gasteiger charge is 2.16. The van der Waals surface area contributed by atoms with Gasteiger partial charge in [0.25, 0.3) is 0 Å². The van der Waals surface area contributed by atoms with Gasteiger partial charge in [-0.05, 0) is 54.4 Å². The summed E-state index contributed by atoms with van der Waals surface area (Å²) in [6.07, 6.45) is 4.01. The highest BCUT2D eigenvalue weighted by molar-refractivity contribution is 6.32. The lowest BCUT2D eigenvalue weighted by Gasteiger charge is -2.06.